The molecule has 1 aliphatic heterocycles. The maximum Gasteiger partial charge on any atom is 0.414 e. The second kappa shape index (κ2) is 9.01. The van der Waals surface area contributed by atoms with E-state index in [1.165, 1.54) is 6.20 Å². The molecule has 1 N–H and O–H groups in total. The highest BCUT2D eigenvalue weighted by molar-refractivity contribution is 6.37. The van der Waals surface area contributed by atoms with Gasteiger partial charge in [0.25, 0.3) is 0 Å². The first-order valence-electron chi connectivity index (χ1n) is 9.88. The van der Waals surface area contributed by atoms with Crippen LogP contribution in [0.25, 0.3) is 0 Å². The number of hydrogen-bond donors (Lipinski definition) is 1. The predicted octanol–water partition coefficient (Wildman–Crippen LogP) is 4.32. The number of amides is 1. The van der Waals surface area contributed by atoms with Gasteiger partial charge in [0.1, 0.15) is 5.69 Å². The first kappa shape index (κ1) is 23.3. The molecule has 1 saturated heterocycles. The van der Waals surface area contributed by atoms with E-state index in [0.29, 0.717) is 44.1 Å². The molecule has 1 saturated carbocycles. The fourth-order valence-electron chi connectivity index (χ4n) is 5.09. The number of pyridine rings is 1. The number of carbonyl (C=O) groups excluding carboxylic acids is 2. The molecule has 4 unspecified atom stereocenters. The molecule has 2 heterocycles. The topological polar surface area (TPSA) is 70.5 Å². The molecule has 166 valence electrons. The van der Waals surface area contributed by atoms with Gasteiger partial charge in [-0.25, -0.2) is 0 Å². The summed E-state index contributed by atoms with van der Waals surface area (Å²) in [5.41, 5.74) is 0.302. The molecule has 3 rings (SSSR count). The van der Waals surface area contributed by atoms with Crippen molar-refractivity contribution in [2.24, 2.45) is 17.8 Å². The van der Waals surface area contributed by atoms with Gasteiger partial charge < -0.3 is 10.0 Å². The second-order valence-electron chi connectivity index (χ2n) is 8.10. The summed E-state index contributed by atoms with van der Waals surface area (Å²) in [5.74, 6) is -1.51. The van der Waals surface area contributed by atoms with Crippen LogP contribution in [0.15, 0.2) is 6.20 Å². The van der Waals surface area contributed by atoms with Crippen molar-refractivity contribution in [2.45, 2.75) is 57.3 Å². The van der Waals surface area contributed by atoms with Crippen molar-refractivity contribution >= 4 is 35.4 Å². The van der Waals surface area contributed by atoms with Crippen molar-refractivity contribution in [3.63, 3.8) is 0 Å². The summed E-state index contributed by atoms with van der Waals surface area (Å²) in [6.45, 7) is 2.13. The fourth-order valence-corrected chi connectivity index (χ4v) is 5.61. The highest BCUT2D eigenvalue weighted by Crippen LogP contribution is 2.47. The van der Waals surface area contributed by atoms with Crippen LogP contribution < -0.4 is 0 Å². The predicted molar refractivity (Wildman–Crippen MR) is 106 cm³/mol. The molecule has 10 heteroatoms. The summed E-state index contributed by atoms with van der Waals surface area (Å²) in [6.07, 6.45) is -3.34. The van der Waals surface area contributed by atoms with Crippen LogP contribution in [0, 0.1) is 17.8 Å². The zero-order chi connectivity index (χ0) is 22.2. The van der Waals surface area contributed by atoms with Gasteiger partial charge in [0, 0.05) is 24.3 Å². The molecule has 2 fully saturated rings. The van der Waals surface area contributed by atoms with E-state index in [2.05, 4.69) is 4.98 Å². The highest BCUT2D eigenvalue weighted by Gasteiger charge is 2.51. The average Bonchev–Trinajstić information content (AvgIpc) is 2.70. The Bertz CT molecular complexity index is 821. The molecule has 1 aromatic heterocycles. The molecule has 0 bridgehead atoms. The lowest BCUT2D eigenvalue weighted by Gasteiger charge is -2.50. The Kier molecular flexibility index (Phi) is 6.99. The third-order valence-corrected chi connectivity index (χ3v) is 7.33. The lowest BCUT2D eigenvalue weighted by atomic mass is 9.64. The summed E-state index contributed by atoms with van der Waals surface area (Å²) in [4.78, 5) is 29.5. The van der Waals surface area contributed by atoms with Crippen LogP contribution in [0.3, 0.4) is 0 Å². The molecule has 30 heavy (non-hydrogen) atoms. The minimum atomic E-state index is -4.64. The maximum atomic E-state index is 13.1. The minimum absolute atomic E-state index is 0.00751. The smallest absolute Gasteiger partial charge is 0.383 e. The first-order valence-corrected chi connectivity index (χ1v) is 10.6. The largest absolute Gasteiger partial charge is 0.414 e. The Morgan fingerprint density at radius 3 is 2.67 bits per heavy atom. The van der Waals surface area contributed by atoms with Gasteiger partial charge in [-0.2, -0.15) is 13.2 Å². The summed E-state index contributed by atoms with van der Waals surface area (Å²) in [6, 6.07) is -0.274. The molecule has 0 aromatic carbocycles. The van der Waals surface area contributed by atoms with Gasteiger partial charge in [0.2, 0.25) is 5.91 Å². The maximum absolute atomic E-state index is 13.1. The van der Waals surface area contributed by atoms with Gasteiger partial charge in [-0.3, -0.25) is 14.6 Å². The van der Waals surface area contributed by atoms with Crippen molar-refractivity contribution in [1.82, 2.24) is 9.88 Å². The molecular weight excluding hydrogens is 444 g/mol. The van der Waals surface area contributed by atoms with Crippen LogP contribution in [0.5, 0.6) is 0 Å². The number of rotatable bonds is 4. The van der Waals surface area contributed by atoms with Gasteiger partial charge >= 0.3 is 6.18 Å². The van der Waals surface area contributed by atoms with E-state index in [1.807, 2.05) is 6.92 Å². The molecule has 5 atom stereocenters. The van der Waals surface area contributed by atoms with Crippen molar-refractivity contribution in [2.75, 3.05) is 6.54 Å². The van der Waals surface area contributed by atoms with Crippen LogP contribution in [0.2, 0.25) is 10.0 Å². The van der Waals surface area contributed by atoms with Gasteiger partial charge in [0.15, 0.2) is 12.4 Å². The number of fused-ring (bicyclic) bond motifs is 1. The number of aromatic nitrogens is 1. The van der Waals surface area contributed by atoms with Gasteiger partial charge in [-0.05, 0) is 43.9 Å². The Balaban J connectivity index is 1.76. The third kappa shape index (κ3) is 4.46. The van der Waals surface area contributed by atoms with Gasteiger partial charge in [0.05, 0.1) is 16.5 Å². The number of aliphatic hydroxyl groups is 1. The number of likely N-dealkylation sites (tertiary alicyclic amines) is 1. The second-order valence-corrected chi connectivity index (χ2v) is 8.89. The minimum Gasteiger partial charge on any atom is -0.383 e. The average molecular weight is 467 g/mol. The first-order chi connectivity index (χ1) is 14.1. The number of piperidine rings is 1. The van der Waals surface area contributed by atoms with E-state index < -0.39 is 18.2 Å². The number of aliphatic hydroxyl groups excluding tert-OH is 1. The molecule has 1 aliphatic carbocycles. The van der Waals surface area contributed by atoms with Crippen molar-refractivity contribution in [3.8, 4) is 0 Å². The zero-order valence-corrected chi connectivity index (χ0v) is 17.8. The number of halogens is 5. The quantitative estimate of drug-likeness (QED) is 0.670. The van der Waals surface area contributed by atoms with E-state index in [0.717, 1.165) is 0 Å². The Labute approximate surface area is 182 Å². The van der Waals surface area contributed by atoms with Gasteiger partial charge in [-0.1, -0.05) is 29.6 Å². The lowest BCUT2D eigenvalue weighted by molar-refractivity contribution is -0.233. The van der Waals surface area contributed by atoms with Gasteiger partial charge in [-0.15, -0.1) is 0 Å². The van der Waals surface area contributed by atoms with Crippen LogP contribution in [-0.2, 0) is 11.2 Å². The summed E-state index contributed by atoms with van der Waals surface area (Å²) in [7, 11) is 0. The zero-order valence-electron chi connectivity index (χ0n) is 16.3. The normalized spacial score (nSPS) is 28.0. The number of aldehydes is 1. The van der Waals surface area contributed by atoms with Crippen LogP contribution in [0.1, 0.15) is 48.7 Å². The van der Waals surface area contributed by atoms with Crippen LogP contribution >= 0.6 is 23.2 Å². The number of nitrogens with zero attached hydrogens (tertiary/aromatic N) is 2. The molecule has 1 aromatic rings. The Morgan fingerprint density at radius 2 is 2.03 bits per heavy atom. The number of hydrogen-bond acceptors (Lipinski definition) is 4. The number of carbonyl (C=O) groups is 2. The lowest BCUT2D eigenvalue weighted by Crippen LogP contribution is -2.55. The highest BCUT2D eigenvalue weighted by atomic mass is 35.5. The molecular formula is C20H23Cl2F3N2O3. The van der Waals surface area contributed by atoms with Crippen molar-refractivity contribution < 1.29 is 27.9 Å². The van der Waals surface area contributed by atoms with E-state index in [4.69, 9.17) is 23.2 Å². The Hall–Kier alpha value is -1.38. The van der Waals surface area contributed by atoms with Crippen LogP contribution in [0.4, 0.5) is 13.2 Å². The summed E-state index contributed by atoms with van der Waals surface area (Å²) in [5, 5.41) is 10.0. The molecule has 0 spiro atoms. The standard InChI is InChI=1S/C20H23Cl2F3N2O3/c1-10-11-3-2-4-13(19(30)20(23,24)25)12(11)5-6-27(10)17(29)7-14-15(21)8-26-16(9-28)18(14)22/h8-13,19,30H,2-7H2,1H3/t10?,11?,12?,13?,19-/m0/s1. The van der Waals surface area contributed by atoms with Crippen molar-refractivity contribution in [1.29, 1.82) is 0 Å². The summed E-state index contributed by atoms with van der Waals surface area (Å²) < 4.78 is 39.3. The van der Waals surface area contributed by atoms with E-state index in [1.54, 1.807) is 4.90 Å². The van der Waals surface area contributed by atoms with Crippen LogP contribution in [-0.4, -0.2) is 52.1 Å². The monoisotopic (exact) mass is 466 g/mol. The molecule has 0 radical (unpaired) electrons. The number of alkyl halides is 3. The fraction of sp³-hybridized carbons (Fsp3) is 0.650. The van der Waals surface area contributed by atoms with Crippen molar-refractivity contribution in [3.05, 3.63) is 27.5 Å². The van der Waals surface area contributed by atoms with E-state index >= 15 is 0 Å². The molecule has 5 nitrogen and oxygen atoms in total. The molecule has 2 aliphatic rings. The third-order valence-electron chi connectivity index (χ3n) is 6.59. The Morgan fingerprint density at radius 1 is 1.33 bits per heavy atom. The van der Waals surface area contributed by atoms with E-state index in [-0.39, 0.29) is 45.9 Å². The SMILES string of the molecule is CC1C2CCCC([C@H](O)C(F)(F)F)C2CCN1C(=O)Cc1c(Cl)cnc(C=O)c1Cl. The van der Waals surface area contributed by atoms with E-state index in [9.17, 15) is 27.9 Å². The molecule has 1 amide bonds. The summed E-state index contributed by atoms with van der Waals surface area (Å²) >= 11 is 12.3.